The molecule has 0 saturated heterocycles. The van der Waals surface area contributed by atoms with Crippen LogP contribution in [0.25, 0.3) is 0 Å². The van der Waals surface area contributed by atoms with Crippen molar-refractivity contribution in [2.24, 2.45) is 0 Å². The molecule has 0 saturated carbocycles. The monoisotopic (exact) mass is 204 g/mol. The minimum absolute atomic E-state index is 0.437. The maximum Gasteiger partial charge on any atom is 0.128 e. The average molecular weight is 204 g/mol. The van der Waals surface area contributed by atoms with Crippen molar-refractivity contribution in [2.75, 3.05) is 18.0 Å². The molecule has 2 heterocycles. The fraction of sp³-hybridized carbons (Fsp3) is 0.417. The Morgan fingerprint density at radius 2 is 2.27 bits per heavy atom. The predicted octanol–water partition coefficient (Wildman–Crippen LogP) is 1.90. The van der Waals surface area contributed by atoms with Gasteiger partial charge in [-0.2, -0.15) is 0 Å². The molecule has 1 unspecified atom stereocenters. The standard InChI is InChI=1S/C12H16N2O/c1-10(15)11-5-6-12(13-9-11)14-7-3-2-4-8-14/h2-3,5-6,9-10,15H,4,7-8H2,1H3. The van der Waals surface area contributed by atoms with Crippen LogP contribution in [0.5, 0.6) is 0 Å². The fourth-order valence-electron chi connectivity index (χ4n) is 1.68. The summed E-state index contributed by atoms with van der Waals surface area (Å²) >= 11 is 0. The summed E-state index contributed by atoms with van der Waals surface area (Å²) in [5, 5.41) is 9.36. The van der Waals surface area contributed by atoms with Gasteiger partial charge < -0.3 is 10.0 Å². The Morgan fingerprint density at radius 1 is 1.40 bits per heavy atom. The molecule has 1 aromatic rings. The van der Waals surface area contributed by atoms with Crippen molar-refractivity contribution in [3.63, 3.8) is 0 Å². The highest BCUT2D eigenvalue weighted by Crippen LogP contribution is 2.17. The second-order valence-electron chi connectivity index (χ2n) is 3.83. The van der Waals surface area contributed by atoms with Gasteiger partial charge in [-0.25, -0.2) is 4.98 Å². The van der Waals surface area contributed by atoms with Crippen molar-refractivity contribution in [1.29, 1.82) is 0 Å². The Labute approximate surface area is 90.1 Å². The highest BCUT2D eigenvalue weighted by molar-refractivity contribution is 5.41. The first-order valence-corrected chi connectivity index (χ1v) is 5.31. The van der Waals surface area contributed by atoms with Gasteiger partial charge in [0.2, 0.25) is 0 Å². The molecule has 3 heteroatoms. The van der Waals surface area contributed by atoms with E-state index >= 15 is 0 Å². The maximum atomic E-state index is 9.36. The summed E-state index contributed by atoms with van der Waals surface area (Å²) in [5.74, 6) is 0.990. The first kappa shape index (κ1) is 10.2. The molecule has 0 spiro atoms. The number of pyridine rings is 1. The van der Waals surface area contributed by atoms with Gasteiger partial charge in [-0.3, -0.25) is 0 Å². The number of aliphatic hydroxyl groups is 1. The molecule has 1 N–H and O–H groups in total. The van der Waals surface area contributed by atoms with E-state index in [0.29, 0.717) is 0 Å². The van der Waals surface area contributed by atoms with Crippen molar-refractivity contribution in [3.05, 3.63) is 36.0 Å². The molecule has 0 aromatic carbocycles. The average Bonchev–Trinajstić information content (AvgIpc) is 2.30. The molecule has 1 aliphatic heterocycles. The molecule has 0 fully saturated rings. The molecular weight excluding hydrogens is 188 g/mol. The van der Waals surface area contributed by atoms with E-state index in [2.05, 4.69) is 22.0 Å². The Bertz CT molecular complexity index is 343. The molecule has 1 aliphatic rings. The largest absolute Gasteiger partial charge is 0.389 e. The van der Waals surface area contributed by atoms with E-state index in [0.717, 1.165) is 30.9 Å². The van der Waals surface area contributed by atoms with Crippen molar-refractivity contribution in [3.8, 4) is 0 Å². The zero-order valence-corrected chi connectivity index (χ0v) is 8.93. The lowest BCUT2D eigenvalue weighted by Gasteiger charge is -2.24. The molecule has 2 rings (SSSR count). The van der Waals surface area contributed by atoms with Crippen molar-refractivity contribution < 1.29 is 5.11 Å². The highest BCUT2D eigenvalue weighted by atomic mass is 16.3. The Balaban J connectivity index is 2.12. The van der Waals surface area contributed by atoms with E-state index in [1.807, 2.05) is 12.1 Å². The molecule has 15 heavy (non-hydrogen) atoms. The third kappa shape index (κ3) is 2.36. The van der Waals surface area contributed by atoms with Gasteiger partial charge in [-0.05, 0) is 25.0 Å². The topological polar surface area (TPSA) is 36.4 Å². The van der Waals surface area contributed by atoms with Gasteiger partial charge in [-0.15, -0.1) is 0 Å². The summed E-state index contributed by atoms with van der Waals surface area (Å²) in [6, 6.07) is 3.91. The molecule has 0 amide bonds. The van der Waals surface area contributed by atoms with Crippen LogP contribution >= 0.6 is 0 Å². The van der Waals surface area contributed by atoms with Crippen molar-refractivity contribution in [1.82, 2.24) is 4.98 Å². The molecule has 0 bridgehead atoms. The summed E-state index contributed by atoms with van der Waals surface area (Å²) in [6.07, 6.45) is 6.75. The van der Waals surface area contributed by atoms with Crippen LogP contribution in [0.15, 0.2) is 30.5 Å². The van der Waals surface area contributed by atoms with Crippen molar-refractivity contribution >= 4 is 5.82 Å². The van der Waals surface area contributed by atoms with Gasteiger partial charge in [0, 0.05) is 19.3 Å². The quantitative estimate of drug-likeness (QED) is 0.747. The smallest absolute Gasteiger partial charge is 0.128 e. The number of aliphatic hydroxyl groups excluding tert-OH is 1. The first-order chi connectivity index (χ1) is 7.27. The molecule has 0 radical (unpaired) electrons. The summed E-state index contributed by atoms with van der Waals surface area (Å²) < 4.78 is 0. The van der Waals surface area contributed by atoms with E-state index < -0.39 is 6.10 Å². The molecular formula is C12H16N2O. The van der Waals surface area contributed by atoms with Crippen molar-refractivity contribution in [2.45, 2.75) is 19.4 Å². The van der Waals surface area contributed by atoms with Crippen LogP contribution in [0.2, 0.25) is 0 Å². The third-order valence-corrected chi connectivity index (χ3v) is 2.64. The van der Waals surface area contributed by atoms with Crippen LogP contribution < -0.4 is 4.90 Å². The van der Waals surface area contributed by atoms with Gasteiger partial charge in [0.1, 0.15) is 5.82 Å². The van der Waals surface area contributed by atoms with Crippen LogP contribution in [0.4, 0.5) is 5.82 Å². The fourth-order valence-corrected chi connectivity index (χ4v) is 1.68. The molecule has 3 nitrogen and oxygen atoms in total. The number of hydrogen-bond donors (Lipinski definition) is 1. The van der Waals surface area contributed by atoms with Crippen LogP contribution in [0, 0.1) is 0 Å². The highest BCUT2D eigenvalue weighted by Gasteiger charge is 2.09. The maximum absolute atomic E-state index is 9.36. The van der Waals surface area contributed by atoms with E-state index in [9.17, 15) is 5.11 Å². The lowest BCUT2D eigenvalue weighted by molar-refractivity contribution is 0.199. The van der Waals surface area contributed by atoms with Gasteiger partial charge in [0.25, 0.3) is 0 Å². The SMILES string of the molecule is CC(O)c1ccc(N2CC=CCC2)nc1. The van der Waals surface area contributed by atoms with Crippen LogP contribution in [-0.4, -0.2) is 23.2 Å². The van der Waals surface area contributed by atoms with E-state index in [-0.39, 0.29) is 0 Å². The second-order valence-corrected chi connectivity index (χ2v) is 3.83. The number of anilines is 1. The van der Waals surface area contributed by atoms with Gasteiger partial charge >= 0.3 is 0 Å². The zero-order chi connectivity index (χ0) is 10.7. The zero-order valence-electron chi connectivity index (χ0n) is 8.93. The number of aromatic nitrogens is 1. The predicted molar refractivity (Wildman–Crippen MR) is 60.8 cm³/mol. The minimum Gasteiger partial charge on any atom is -0.389 e. The Kier molecular flexibility index (Phi) is 3.02. The Morgan fingerprint density at radius 3 is 2.80 bits per heavy atom. The normalized spacial score (nSPS) is 17.9. The number of hydrogen-bond acceptors (Lipinski definition) is 3. The summed E-state index contributed by atoms with van der Waals surface area (Å²) in [5.41, 5.74) is 0.867. The van der Waals surface area contributed by atoms with E-state index in [4.69, 9.17) is 0 Å². The van der Waals surface area contributed by atoms with E-state index in [1.165, 1.54) is 0 Å². The summed E-state index contributed by atoms with van der Waals surface area (Å²) in [7, 11) is 0. The van der Waals surface area contributed by atoms with Crippen LogP contribution in [-0.2, 0) is 0 Å². The third-order valence-electron chi connectivity index (χ3n) is 2.64. The summed E-state index contributed by atoms with van der Waals surface area (Å²) in [4.78, 5) is 6.58. The van der Waals surface area contributed by atoms with Gasteiger partial charge in [0.15, 0.2) is 0 Å². The first-order valence-electron chi connectivity index (χ1n) is 5.31. The molecule has 80 valence electrons. The molecule has 0 aliphatic carbocycles. The second kappa shape index (κ2) is 4.45. The number of nitrogens with zero attached hydrogens (tertiary/aromatic N) is 2. The molecule has 1 aromatic heterocycles. The van der Waals surface area contributed by atoms with Gasteiger partial charge in [-0.1, -0.05) is 18.2 Å². The molecule has 1 atom stereocenters. The van der Waals surface area contributed by atoms with Crippen LogP contribution in [0.1, 0.15) is 25.0 Å². The Hall–Kier alpha value is -1.35. The summed E-state index contributed by atoms with van der Waals surface area (Å²) in [6.45, 7) is 3.71. The van der Waals surface area contributed by atoms with Gasteiger partial charge in [0.05, 0.1) is 6.10 Å². The van der Waals surface area contributed by atoms with Crippen LogP contribution in [0.3, 0.4) is 0 Å². The van der Waals surface area contributed by atoms with E-state index in [1.54, 1.807) is 13.1 Å². The number of rotatable bonds is 2. The lowest BCUT2D eigenvalue weighted by atomic mass is 10.2. The minimum atomic E-state index is -0.437. The lowest BCUT2D eigenvalue weighted by Crippen LogP contribution is -2.27.